The van der Waals surface area contributed by atoms with Gasteiger partial charge in [-0.25, -0.2) is 4.98 Å². The zero-order valence-corrected chi connectivity index (χ0v) is 12.1. The molecule has 6 heteroatoms. The number of rotatable bonds is 5. The Morgan fingerprint density at radius 3 is 2.95 bits per heavy atom. The monoisotopic (exact) mass is 293 g/mol. The van der Waals surface area contributed by atoms with Gasteiger partial charge in [-0.15, -0.1) is 0 Å². The maximum atomic E-state index is 11.8. The third kappa shape index (κ3) is 4.08. The summed E-state index contributed by atoms with van der Waals surface area (Å²) in [7, 11) is 0. The third-order valence-electron chi connectivity index (χ3n) is 2.69. The molecule has 1 aromatic carbocycles. The molecule has 0 saturated carbocycles. The lowest BCUT2D eigenvalue weighted by Crippen LogP contribution is -2.30. The molecule has 0 spiro atoms. The number of hydrogen-bond acceptors (Lipinski definition) is 4. The number of benzene rings is 1. The summed E-state index contributed by atoms with van der Waals surface area (Å²) in [6.45, 7) is 3.88. The standard InChI is InChI=1S/C14H16ClN3O2/c1-9-7-17-14(20-9)10(2)16-8-13(19)18-12-5-3-4-11(15)6-12/h3-7,10,16H,8H2,1-2H3,(H,18,19). The SMILES string of the molecule is Cc1cnc(C(C)NCC(=O)Nc2cccc(Cl)c2)o1. The Hall–Kier alpha value is -1.85. The summed E-state index contributed by atoms with van der Waals surface area (Å²) in [6.07, 6.45) is 1.65. The quantitative estimate of drug-likeness (QED) is 0.889. The second kappa shape index (κ2) is 6.54. The Bertz CT molecular complexity index is 598. The molecule has 20 heavy (non-hydrogen) atoms. The average molecular weight is 294 g/mol. The summed E-state index contributed by atoms with van der Waals surface area (Å²) in [6, 6.07) is 6.88. The predicted octanol–water partition coefficient (Wildman–Crippen LogP) is 2.93. The highest BCUT2D eigenvalue weighted by Crippen LogP contribution is 2.15. The van der Waals surface area contributed by atoms with Gasteiger partial charge in [0.2, 0.25) is 11.8 Å². The van der Waals surface area contributed by atoms with Crippen molar-refractivity contribution in [1.29, 1.82) is 0 Å². The third-order valence-corrected chi connectivity index (χ3v) is 2.92. The molecule has 2 aromatic rings. The smallest absolute Gasteiger partial charge is 0.238 e. The molecule has 0 aliphatic heterocycles. The number of oxazole rings is 1. The number of nitrogens with zero attached hydrogens (tertiary/aromatic N) is 1. The summed E-state index contributed by atoms with van der Waals surface area (Å²) in [5.74, 6) is 1.16. The summed E-state index contributed by atoms with van der Waals surface area (Å²) in [5, 5.41) is 6.39. The van der Waals surface area contributed by atoms with Crippen LogP contribution in [0.15, 0.2) is 34.9 Å². The number of carbonyl (C=O) groups is 1. The molecule has 0 aliphatic carbocycles. The molecule has 0 saturated heterocycles. The van der Waals surface area contributed by atoms with Gasteiger partial charge in [0.05, 0.1) is 18.8 Å². The van der Waals surface area contributed by atoms with E-state index in [0.717, 1.165) is 5.76 Å². The van der Waals surface area contributed by atoms with E-state index in [9.17, 15) is 4.79 Å². The first kappa shape index (κ1) is 14.6. The highest BCUT2D eigenvalue weighted by molar-refractivity contribution is 6.30. The molecule has 2 N–H and O–H groups in total. The van der Waals surface area contributed by atoms with Crippen LogP contribution in [0.5, 0.6) is 0 Å². The van der Waals surface area contributed by atoms with Gasteiger partial charge in [0, 0.05) is 10.7 Å². The number of aromatic nitrogens is 1. The predicted molar refractivity (Wildman–Crippen MR) is 77.7 cm³/mol. The fraction of sp³-hybridized carbons (Fsp3) is 0.286. The summed E-state index contributed by atoms with van der Waals surface area (Å²) in [5.41, 5.74) is 0.670. The highest BCUT2D eigenvalue weighted by Gasteiger charge is 2.12. The van der Waals surface area contributed by atoms with Crippen molar-refractivity contribution in [2.75, 3.05) is 11.9 Å². The van der Waals surface area contributed by atoms with Gasteiger partial charge >= 0.3 is 0 Å². The molecule has 0 aliphatic rings. The Morgan fingerprint density at radius 2 is 2.30 bits per heavy atom. The minimum atomic E-state index is -0.151. The molecule has 0 radical (unpaired) electrons. The van der Waals surface area contributed by atoms with Gasteiger partial charge in [-0.05, 0) is 32.0 Å². The zero-order valence-electron chi connectivity index (χ0n) is 11.3. The molecule has 1 amide bonds. The van der Waals surface area contributed by atoms with Crippen molar-refractivity contribution in [3.8, 4) is 0 Å². The lowest BCUT2D eigenvalue weighted by molar-refractivity contribution is -0.115. The molecule has 2 rings (SSSR count). The number of nitrogens with one attached hydrogen (secondary N) is 2. The van der Waals surface area contributed by atoms with Crippen molar-refractivity contribution in [3.05, 3.63) is 47.1 Å². The molecule has 1 unspecified atom stereocenters. The van der Waals surface area contributed by atoms with Gasteiger partial charge < -0.3 is 9.73 Å². The molecule has 0 fully saturated rings. The lowest BCUT2D eigenvalue weighted by atomic mass is 10.3. The second-order valence-electron chi connectivity index (χ2n) is 4.47. The zero-order chi connectivity index (χ0) is 14.5. The first-order valence-corrected chi connectivity index (χ1v) is 6.63. The maximum absolute atomic E-state index is 11.8. The summed E-state index contributed by atoms with van der Waals surface area (Å²) < 4.78 is 5.39. The molecular weight excluding hydrogens is 278 g/mol. The van der Waals surface area contributed by atoms with Crippen LogP contribution in [0.25, 0.3) is 0 Å². The molecule has 5 nitrogen and oxygen atoms in total. The van der Waals surface area contributed by atoms with E-state index >= 15 is 0 Å². The Morgan fingerprint density at radius 1 is 1.50 bits per heavy atom. The van der Waals surface area contributed by atoms with Crippen molar-refractivity contribution in [1.82, 2.24) is 10.3 Å². The fourth-order valence-corrected chi connectivity index (χ4v) is 1.87. The molecular formula is C14H16ClN3O2. The van der Waals surface area contributed by atoms with Gasteiger partial charge in [-0.2, -0.15) is 0 Å². The van der Waals surface area contributed by atoms with Crippen LogP contribution in [0.1, 0.15) is 24.6 Å². The van der Waals surface area contributed by atoms with E-state index in [0.29, 0.717) is 16.6 Å². The highest BCUT2D eigenvalue weighted by atomic mass is 35.5. The number of hydrogen-bond donors (Lipinski definition) is 2. The van der Waals surface area contributed by atoms with Crippen molar-refractivity contribution >= 4 is 23.2 Å². The molecule has 1 heterocycles. The van der Waals surface area contributed by atoms with Crippen LogP contribution >= 0.6 is 11.6 Å². The minimum Gasteiger partial charge on any atom is -0.444 e. The maximum Gasteiger partial charge on any atom is 0.238 e. The van der Waals surface area contributed by atoms with E-state index in [1.807, 2.05) is 13.8 Å². The first-order chi connectivity index (χ1) is 9.54. The average Bonchev–Trinajstić information content (AvgIpc) is 2.83. The van der Waals surface area contributed by atoms with E-state index in [1.165, 1.54) is 0 Å². The van der Waals surface area contributed by atoms with Crippen LogP contribution in [0.4, 0.5) is 5.69 Å². The van der Waals surface area contributed by atoms with Crippen molar-refractivity contribution in [2.45, 2.75) is 19.9 Å². The second-order valence-corrected chi connectivity index (χ2v) is 4.91. The Kier molecular flexibility index (Phi) is 4.76. The van der Waals surface area contributed by atoms with Gasteiger partial charge in [0.15, 0.2) is 0 Å². The number of aryl methyl sites for hydroxylation is 1. The van der Waals surface area contributed by atoms with Crippen molar-refractivity contribution in [2.24, 2.45) is 0 Å². The number of amides is 1. The van der Waals surface area contributed by atoms with E-state index in [2.05, 4.69) is 15.6 Å². The van der Waals surface area contributed by atoms with Crippen LogP contribution in [0.3, 0.4) is 0 Å². The van der Waals surface area contributed by atoms with Crippen molar-refractivity contribution in [3.63, 3.8) is 0 Å². The topological polar surface area (TPSA) is 67.2 Å². The van der Waals surface area contributed by atoms with Gasteiger partial charge in [-0.1, -0.05) is 17.7 Å². The largest absolute Gasteiger partial charge is 0.444 e. The molecule has 1 atom stereocenters. The van der Waals surface area contributed by atoms with Gasteiger partial charge in [-0.3, -0.25) is 10.1 Å². The summed E-state index contributed by atoms with van der Waals surface area (Å²) >= 11 is 5.85. The Balaban J connectivity index is 1.83. The van der Waals surface area contributed by atoms with Crippen molar-refractivity contribution < 1.29 is 9.21 Å². The lowest BCUT2D eigenvalue weighted by Gasteiger charge is -2.10. The first-order valence-electron chi connectivity index (χ1n) is 6.26. The van der Waals surface area contributed by atoms with E-state index < -0.39 is 0 Å². The van der Waals surface area contributed by atoms with Crippen LogP contribution < -0.4 is 10.6 Å². The van der Waals surface area contributed by atoms with Crippen LogP contribution in [0, 0.1) is 6.92 Å². The van der Waals surface area contributed by atoms with E-state index in [4.69, 9.17) is 16.0 Å². The van der Waals surface area contributed by atoms with Crippen LogP contribution in [0.2, 0.25) is 5.02 Å². The fourth-order valence-electron chi connectivity index (χ4n) is 1.68. The molecule has 0 bridgehead atoms. The number of halogens is 1. The molecule has 1 aromatic heterocycles. The minimum absolute atomic E-state index is 0.131. The summed E-state index contributed by atoms with van der Waals surface area (Å²) in [4.78, 5) is 15.9. The molecule has 106 valence electrons. The number of carbonyl (C=O) groups excluding carboxylic acids is 1. The van der Waals surface area contributed by atoms with Gasteiger partial charge in [0.1, 0.15) is 5.76 Å². The van der Waals surface area contributed by atoms with E-state index in [1.54, 1.807) is 30.5 Å². The Labute approximate surface area is 122 Å². The van der Waals surface area contributed by atoms with Crippen LogP contribution in [-0.2, 0) is 4.79 Å². The number of anilines is 1. The normalized spacial score (nSPS) is 12.2. The van der Waals surface area contributed by atoms with E-state index in [-0.39, 0.29) is 18.5 Å². The van der Waals surface area contributed by atoms with Crippen LogP contribution in [-0.4, -0.2) is 17.4 Å². The van der Waals surface area contributed by atoms with Gasteiger partial charge in [0.25, 0.3) is 0 Å².